The van der Waals surface area contributed by atoms with E-state index in [9.17, 15) is 9.59 Å². The van der Waals surface area contributed by atoms with Crippen molar-refractivity contribution in [1.29, 1.82) is 0 Å². The van der Waals surface area contributed by atoms with Gasteiger partial charge in [0.05, 0.1) is 28.5 Å². The number of hydrogen-bond acceptors (Lipinski definition) is 8. The Balaban J connectivity index is 1.47. The normalized spacial score (nSPS) is 16.4. The fourth-order valence-corrected chi connectivity index (χ4v) is 5.81. The number of carbonyl (C=O) groups excluding carboxylic acids is 1. The molecule has 0 bridgehead atoms. The number of fused-ring (bicyclic) bond motifs is 2. The lowest BCUT2D eigenvalue weighted by Gasteiger charge is -2.24. The molecular formula is C28H21BrN2O6S. The number of furan rings is 1. The molecule has 4 heterocycles. The number of esters is 1. The van der Waals surface area contributed by atoms with Crippen LogP contribution in [0.1, 0.15) is 31.2 Å². The van der Waals surface area contributed by atoms with Crippen molar-refractivity contribution >= 4 is 39.3 Å². The van der Waals surface area contributed by atoms with Gasteiger partial charge in [-0.2, -0.15) is 0 Å². The highest BCUT2D eigenvalue weighted by atomic mass is 79.9. The van der Waals surface area contributed by atoms with Crippen LogP contribution < -0.4 is 24.4 Å². The molecule has 1 atom stereocenters. The van der Waals surface area contributed by atoms with Crippen LogP contribution in [0, 0.1) is 0 Å². The topological polar surface area (TPSA) is 92.3 Å². The van der Waals surface area contributed by atoms with Crippen LogP contribution in [0.2, 0.25) is 0 Å². The van der Waals surface area contributed by atoms with Crippen molar-refractivity contribution in [3.8, 4) is 22.8 Å². The molecule has 0 amide bonds. The number of halogens is 1. The van der Waals surface area contributed by atoms with Gasteiger partial charge in [0.15, 0.2) is 16.3 Å². The van der Waals surface area contributed by atoms with E-state index in [1.807, 2.05) is 42.5 Å². The van der Waals surface area contributed by atoms with Crippen LogP contribution in [0.15, 0.2) is 84.5 Å². The average molecular weight is 593 g/mol. The fraction of sp³-hybridized carbons (Fsp3) is 0.179. The van der Waals surface area contributed by atoms with Gasteiger partial charge >= 0.3 is 5.97 Å². The molecule has 4 aromatic rings. The monoisotopic (exact) mass is 592 g/mol. The van der Waals surface area contributed by atoms with Gasteiger partial charge in [-0.15, -0.1) is 0 Å². The van der Waals surface area contributed by atoms with Gasteiger partial charge in [0.2, 0.25) is 6.79 Å². The summed E-state index contributed by atoms with van der Waals surface area (Å²) in [4.78, 5) is 31.9. The molecule has 192 valence electrons. The summed E-state index contributed by atoms with van der Waals surface area (Å²) in [6.07, 6.45) is 1.70. The molecule has 6 rings (SSSR count). The van der Waals surface area contributed by atoms with E-state index < -0.39 is 12.0 Å². The van der Waals surface area contributed by atoms with Crippen molar-refractivity contribution in [2.45, 2.75) is 19.9 Å². The van der Waals surface area contributed by atoms with Crippen LogP contribution >= 0.6 is 27.3 Å². The number of thiazole rings is 1. The maximum atomic E-state index is 13.8. The molecule has 10 heteroatoms. The molecule has 2 aliphatic heterocycles. The van der Waals surface area contributed by atoms with Gasteiger partial charge in [-0.25, -0.2) is 9.79 Å². The summed E-state index contributed by atoms with van der Waals surface area (Å²) < 4.78 is 25.3. The summed E-state index contributed by atoms with van der Waals surface area (Å²) in [6, 6.07) is 16.1. The third-order valence-electron chi connectivity index (χ3n) is 6.26. The number of nitrogens with zero attached hydrogens (tertiary/aromatic N) is 2. The number of allylic oxidation sites excluding steroid dienone is 1. The van der Waals surface area contributed by atoms with E-state index >= 15 is 0 Å². The Morgan fingerprint density at radius 3 is 2.74 bits per heavy atom. The van der Waals surface area contributed by atoms with E-state index in [4.69, 9.17) is 18.6 Å². The first-order chi connectivity index (χ1) is 18.4. The van der Waals surface area contributed by atoms with Gasteiger partial charge in [0.1, 0.15) is 11.5 Å². The van der Waals surface area contributed by atoms with Crippen molar-refractivity contribution in [2.75, 3.05) is 13.4 Å². The minimum atomic E-state index is -0.739. The third kappa shape index (κ3) is 4.29. The molecule has 0 unspecified atom stereocenters. The molecule has 0 aliphatic carbocycles. The SMILES string of the molecule is CCOC(=O)C1=C(C)N=c2s/c(=C\c3ccc(-c4ccc(Br)cc4)o3)c(=O)n2[C@@H]1c1ccc2c(c1)OCO2. The number of carbonyl (C=O) groups is 1. The summed E-state index contributed by atoms with van der Waals surface area (Å²) in [5, 5.41) is 0. The highest BCUT2D eigenvalue weighted by Crippen LogP contribution is 2.38. The summed E-state index contributed by atoms with van der Waals surface area (Å²) >= 11 is 4.68. The van der Waals surface area contributed by atoms with Crippen molar-refractivity contribution in [3.05, 3.63) is 101 Å². The first kappa shape index (κ1) is 24.4. The van der Waals surface area contributed by atoms with Crippen LogP contribution in [0.3, 0.4) is 0 Å². The van der Waals surface area contributed by atoms with E-state index in [0.717, 1.165) is 10.0 Å². The Bertz CT molecular complexity index is 1780. The minimum Gasteiger partial charge on any atom is -0.463 e. The third-order valence-corrected chi connectivity index (χ3v) is 7.77. The predicted molar refractivity (Wildman–Crippen MR) is 145 cm³/mol. The van der Waals surface area contributed by atoms with Crippen molar-refractivity contribution in [2.24, 2.45) is 4.99 Å². The maximum Gasteiger partial charge on any atom is 0.338 e. The molecule has 0 saturated heterocycles. The second-order valence-electron chi connectivity index (χ2n) is 8.62. The lowest BCUT2D eigenvalue weighted by Crippen LogP contribution is -2.39. The summed E-state index contributed by atoms with van der Waals surface area (Å²) in [6.45, 7) is 3.81. The fourth-order valence-electron chi connectivity index (χ4n) is 4.52. The lowest BCUT2D eigenvalue weighted by atomic mass is 9.95. The Hall–Kier alpha value is -3.89. The van der Waals surface area contributed by atoms with E-state index in [-0.39, 0.29) is 19.0 Å². The second kappa shape index (κ2) is 9.77. The number of benzene rings is 2. The second-order valence-corrected chi connectivity index (χ2v) is 10.5. The summed E-state index contributed by atoms with van der Waals surface area (Å²) in [5.74, 6) is 1.87. The zero-order valence-electron chi connectivity index (χ0n) is 20.4. The molecule has 0 spiro atoms. The predicted octanol–water partition coefficient (Wildman–Crippen LogP) is 4.55. The van der Waals surface area contributed by atoms with E-state index in [0.29, 0.717) is 49.2 Å². The first-order valence-electron chi connectivity index (χ1n) is 11.9. The quantitative estimate of drug-likeness (QED) is 0.316. The molecular weight excluding hydrogens is 572 g/mol. The highest BCUT2D eigenvalue weighted by Gasteiger charge is 2.34. The van der Waals surface area contributed by atoms with Gasteiger partial charge in [0, 0.05) is 16.1 Å². The average Bonchev–Trinajstić information content (AvgIpc) is 3.63. The van der Waals surface area contributed by atoms with Crippen LogP contribution in [0.4, 0.5) is 0 Å². The molecule has 0 fully saturated rings. The van der Waals surface area contributed by atoms with Gasteiger partial charge in [-0.3, -0.25) is 9.36 Å². The molecule has 2 aromatic carbocycles. The number of rotatable bonds is 5. The number of aromatic nitrogens is 1. The maximum absolute atomic E-state index is 13.8. The molecule has 2 aromatic heterocycles. The van der Waals surface area contributed by atoms with Gasteiger partial charge in [-0.1, -0.05) is 45.5 Å². The smallest absolute Gasteiger partial charge is 0.338 e. The summed E-state index contributed by atoms with van der Waals surface area (Å²) in [7, 11) is 0. The molecule has 38 heavy (non-hydrogen) atoms. The first-order valence-corrected chi connectivity index (χ1v) is 13.5. The van der Waals surface area contributed by atoms with Gasteiger partial charge < -0.3 is 18.6 Å². The van der Waals surface area contributed by atoms with Crippen LogP contribution in [0.5, 0.6) is 11.5 Å². The van der Waals surface area contributed by atoms with E-state index in [1.54, 1.807) is 32.1 Å². The van der Waals surface area contributed by atoms with E-state index in [2.05, 4.69) is 20.9 Å². The van der Waals surface area contributed by atoms with E-state index in [1.165, 1.54) is 15.9 Å². The van der Waals surface area contributed by atoms with Crippen molar-refractivity contribution < 1.29 is 23.4 Å². The van der Waals surface area contributed by atoms with Crippen LogP contribution in [-0.2, 0) is 9.53 Å². The Morgan fingerprint density at radius 1 is 1.16 bits per heavy atom. The molecule has 0 N–H and O–H groups in total. The van der Waals surface area contributed by atoms with Gasteiger partial charge in [0.25, 0.3) is 5.56 Å². The van der Waals surface area contributed by atoms with Crippen LogP contribution in [0.25, 0.3) is 17.4 Å². The zero-order chi connectivity index (χ0) is 26.4. The van der Waals surface area contributed by atoms with Crippen molar-refractivity contribution in [1.82, 2.24) is 4.57 Å². The number of hydrogen-bond donors (Lipinski definition) is 0. The Kier molecular flexibility index (Phi) is 6.29. The lowest BCUT2D eigenvalue weighted by molar-refractivity contribution is -0.139. The van der Waals surface area contributed by atoms with Gasteiger partial charge in [-0.05, 0) is 55.8 Å². The summed E-state index contributed by atoms with van der Waals surface area (Å²) in [5.41, 5.74) is 2.13. The van der Waals surface area contributed by atoms with Crippen LogP contribution in [-0.4, -0.2) is 23.9 Å². The largest absolute Gasteiger partial charge is 0.463 e. The minimum absolute atomic E-state index is 0.118. The molecule has 0 radical (unpaired) electrons. The standard InChI is InChI=1S/C28H21BrN2O6S/c1-3-34-27(33)24-15(2)30-28-31(25(24)17-6-10-21-22(12-17)36-14-35-21)26(32)23(38-28)13-19-9-11-20(37-19)16-4-7-18(29)8-5-16/h4-13,25H,3,14H2,1-2H3/b23-13-/t25-/m1/s1. The zero-order valence-corrected chi connectivity index (χ0v) is 22.8. The van der Waals surface area contributed by atoms with Crippen molar-refractivity contribution in [3.63, 3.8) is 0 Å². The number of ether oxygens (including phenoxy) is 3. The Morgan fingerprint density at radius 2 is 1.95 bits per heavy atom. The highest BCUT2D eigenvalue weighted by molar-refractivity contribution is 9.10. The molecule has 2 aliphatic rings. The molecule has 8 nitrogen and oxygen atoms in total. The molecule has 0 saturated carbocycles. The Labute approximate surface area is 229 Å².